The van der Waals surface area contributed by atoms with E-state index >= 15 is 0 Å². The summed E-state index contributed by atoms with van der Waals surface area (Å²) in [7, 11) is 0. The number of thiazole rings is 1. The first kappa shape index (κ1) is 13.1. The van der Waals surface area contributed by atoms with Crippen LogP contribution in [0.25, 0.3) is 0 Å². The second kappa shape index (κ2) is 4.88. The lowest BCUT2D eigenvalue weighted by Gasteiger charge is -2.12. The summed E-state index contributed by atoms with van der Waals surface area (Å²) in [5, 5.41) is 10.6. The van der Waals surface area contributed by atoms with Gasteiger partial charge in [0.1, 0.15) is 15.5 Å². The summed E-state index contributed by atoms with van der Waals surface area (Å²) in [6, 6.07) is 9.15. The van der Waals surface area contributed by atoms with Gasteiger partial charge in [-0.3, -0.25) is 9.59 Å². The Morgan fingerprint density at radius 2 is 1.85 bits per heavy atom. The van der Waals surface area contributed by atoms with Gasteiger partial charge < -0.3 is 5.11 Å². The molecule has 0 saturated carbocycles. The Kier molecular flexibility index (Phi) is 3.19. The highest BCUT2D eigenvalue weighted by atomic mass is 32.2. The zero-order chi connectivity index (χ0) is 14.3. The van der Waals surface area contributed by atoms with E-state index in [4.69, 9.17) is 0 Å². The first-order valence-electron chi connectivity index (χ1n) is 5.81. The number of carbonyl (C=O) groups excluding carboxylic acids is 2. The minimum Gasteiger partial charge on any atom is -0.503 e. The van der Waals surface area contributed by atoms with E-state index in [1.165, 1.54) is 11.3 Å². The number of ketones is 2. The second-order valence-corrected chi connectivity index (χ2v) is 6.45. The quantitative estimate of drug-likeness (QED) is 0.921. The minimum absolute atomic E-state index is 0.0624. The Morgan fingerprint density at radius 3 is 2.55 bits per heavy atom. The molecule has 1 heterocycles. The Labute approximate surface area is 123 Å². The Bertz CT molecular complexity index is 747. The number of fused-ring (bicyclic) bond motifs is 1. The molecule has 1 aromatic carbocycles. The molecule has 100 valence electrons. The third-order valence-corrected chi connectivity index (χ3v) is 4.82. The van der Waals surface area contributed by atoms with Crippen LogP contribution in [0, 0.1) is 6.92 Å². The van der Waals surface area contributed by atoms with E-state index in [0.29, 0.717) is 9.88 Å². The van der Waals surface area contributed by atoms with Crippen molar-refractivity contribution in [3.8, 4) is 0 Å². The highest BCUT2D eigenvalue weighted by Crippen LogP contribution is 2.37. The maximum atomic E-state index is 12.4. The predicted molar refractivity (Wildman–Crippen MR) is 77.5 cm³/mol. The number of hydrogen-bond acceptors (Lipinski definition) is 6. The molecule has 0 bridgehead atoms. The topological polar surface area (TPSA) is 67.3 Å². The molecule has 1 N–H and O–H groups in total. The number of aliphatic hydroxyl groups is 1. The number of aryl methyl sites for hydroxylation is 1. The number of carbonyl (C=O) groups is 2. The summed E-state index contributed by atoms with van der Waals surface area (Å²) in [6.45, 7) is 1.73. The van der Waals surface area contributed by atoms with Crippen LogP contribution in [0.4, 0.5) is 0 Å². The number of allylic oxidation sites excluding steroid dienone is 2. The number of aliphatic hydroxyl groups excluding tert-OH is 1. The van der Waals surface area contributed by atoms with Crippen molar-refractivity contribution < 1.29 is 14.7 Å². The molecule has 0 unspecified atom stereocenters. The van der Waals surface area contributed by atoms with Gasteiger partial charge in [-0.2, -0.15) is 0 Å². The van der Waals surface area contributed by atoms with E-state index in [1.54, 1.807) is 6.92 Å². The van der Waals surface area contributed by atoms with Gasteiger partial charge in [0.25, 0.3) is 0 Å². The SMILES string of the molecule is Cc1nc2c(s1)C(=O)C(Sc1ccccc1)=C(O)C2=O. The molecule has 4 nitrogen and oxygen atoms in total. The van der Waals surface area contributed by atoms with Crippen molar-refractivity contribution in [1.29, 1.82) is 0 Å². The molecule has 0 saturated heterocycles. The van der Waals surface area contributed by atoms with Crippen molar-refractivity contribution in [2.24, 2.45) is 0 Å². The maximum Gasteiger partial charge on any atom is 0.248 e. The maximum absolute atomic E-state index is 12.4. The summed E-state index contributed by atoms with van der Waals surface area (Å²) < 4.78 is 0. The smallest absolute Gasteiger partial charge is 0.248 e. The number of rotatable bonds is 2. The monoisotopic (exact) mass is 303 g/mol. The Hall–Kier alpha value is -1.92. The number of thioether (sulfide) groups is 1. The molecule has 20 heavy (non-hydrogen) atoms. The van der Waals surface area contributed by atoms with Crippen molar-refractivity contribution in [2.45, 2.75) is 11.8 Å². The molecular weight excluding hydrogens is 294 g/mol. The number of hydrogen-bond donors (Lipinski definition) is 1. The van der Waals surface area contributed by atoms with Gasteiger partial charge in [0.2, 0.25) is 11.6 Å². The zero-order valence-corrected chi connectivity index (χ0v) is 12.0. The normalized spacial score (nSPS) is 14.7. The lowest BCUT2D eigenvalue weighted by molar-refractivity contribution is 0.0934. The first-order valence-corrected chi connectivity index (χ1v) is 7.44. The molecule has 6 heteroatoms. The van der Waals surface area contributed by atoms with E-state index < -0.39 is 11.5 Å². The third kappa shape index (κ3) is 2.07. The van der Waals surface area contributed by atoms with Crippen LogP contribution in [0.1, 0.15) is 25.2 Å². The van der Waals surface area contributed by atoms with Gasteiger partial charge in [0, 0.05) is 4.90 Å². The molecule has 0 spiro atoms. The zero-order valence-electron chi connectivity index (χ0n) is 10.4. The largest absolute Gasteiger partial charge is 0.503 e. The van der Waals surface area contributed by atoms with Crippen molar-refractivity contribution in [3.05, 3.63) is 56.6 Å². The predicted octanol–water partition coefficient (Wildman–Crippen LogP) is 3.39. The number of benzene rings is 1. The molecule has 0 fully saturated rings. The number of Topliss-reactive ketones (excluding diaryl/α,β-unsaturated/α-hetero) is 2. The Morgan fingerprint density at radius 1 is 1.15 bits per heavy atom. The second-order valence-electron chi connectivity index (χ2n) is 4.16. The molecule has 0 amide bonds. The fourth-order valence-electron chi connectivity index (χ4n) is 1.86. The number of aromatic nitrogens is 1. The van der Waals surface area contributed by atoms with Gasteiger partial charge in [-0.1, -0.05) is 30.0 Å². The summed E-state index contributed by atoms with van der Waals surface area (Å²) in [5.41, 5.74) is 0.0624. The standard InChI is InChI=1S/C14H9NO3S2/c1-7-15-9-10(16)11(17)14(12(18)13(9)19-7)20-8-5-3-2-4-6-8/h2-6,17H,1H3. The molecule has 2 aromatic rings. The van der Waals surface area contributed by atoms with Crippen LogP contribution in [0.3, 0.4) is 0 Å². The Balaban J connectivity index is 2.05. The molecule has 1 aromatic heterocycles. The summed E-state index contributed by atoms with van der Waals surface area (Å²) in [5.74, 6) is -1.43. The van der Waals surface area contributed by atoms with Crippen LogP contribution in [0.5, 0.6) is 0 Å². The highest BCUT2D eigenvalue weighted by Gasteiger charge is 2.36. The van der Waals surface area contributed by atoms with Crippen molar-refractivity contribution in [2.75, 3.05) is 0 Å². The fraction of sp³-hybridized carbons (Fsp3) is 0.0714. The summed E-state index contributed by atoms with van der Waals surface area (Å²) >= 11 is 2.27. The summed E-state index contributed by atoms with van der Waals surface area (Å²) in [4.78, 5) is 29.6. The lowest BCUT2D eigenvalue weighted by atomic mass is 10.1. The van der Waals surface area contributed by atoms with Crippen molar-refractivity contribution in [1.82, 2.24) is 4.98 Å². The minimum atomic E-state index is -0.581. The third-order valence-electron chi connectivity index (χ3n) is 2.75. The lowest BCUT2D eigenvalue weighted by Crippen LogP contribution is -2.19. The average molecular weight is 303 g/mol. The molecule has 1 aliphatic rings. The van der Waals surface area contributed by atoms with Gasteiger partial charge in [-0.05, 0) is 19.1 Å². The molecule has 0 aliphatic heterocycles. The van der Waals surface area contributed by atoms with Crippen LogP contribution < -0.4 is 0 Å². The summed E-state index contributed by atoms with van der Waals surface area (Å²) in [6.07, 6.45) is 0. The van der Waals surface area contributed by atoms with E-state index in [9.17, 15) is 14.7 Å². The first-order chi connectivity index (χ1) is 9.58. The van der Waals surface area contributed by atoms with Crippen LogP contribution in [-0.2, 0) is 0 Å². The van der Waals surface area contributed by atoms with Gasteiger partial charge in [0.05, 0.1) is 5.01 Å². The number of nitrogens with zero attached hydrogens (tertiary/aromatic N) is 1. The molecule has 1 aliphatic carbocycles. The van der Waals surface area contributed by atoms with E-state index in [-0.39, 0.29) is 16.4 Å². The van der Waals surface area contributed by atoms with E-state index in [2.05, 4.69) is 4.98 Å². The van der Waals surface area contributed by atoms with Crippen LogP contribution >= 0.6 is 23.1 Å². The van der Waals surface area contributed by atoms with Crippen LogP contribution in [0.15, 0.2) is 45.9 Å². The van der Waals surface area contributed by atoms with Crippen LogP contribution in [0.2, 0.25) is 0 Å². The van der Waals surface area contributed by atoms with Gasteiger partial charge in [-0.25, -0.2) is 4.98 Å². The highest BCUT2D eigenvalue weighted by molar-refractivity contribution is 8.04. The fourth-order valence-corrected chi connectivity index (χ4v) is 3.70. The van der Waals surface area contributed by atoms with Crippen molar-refractivity contribution in [3.63, 3.8) is 0 Å². The van der Waals surface area contributed by atoms with Gasteiger partial charge >= 0.3 is 0 Å². The average Bonchev–Trinajstić information content (AvgIpc) is 2.85. The molecule has 0 atom stereocenters. The van der Waals surface area contributed by atoms with E-state index in [0.717, 1.165) is 16.7 Å². The van der Waals surface area contributed by atoms with Crippen molar-refractivity contribution >= 4 is 34.7 Å². The molecular formula is C14H9NO3S2. The van der Waals surface area contributed by atoms with Gasteiger partial charge in [-0.15, -0.1) is 11.3 Å². The van der Waals surface area contributed by atoms with Gasteiger partial charge in [0.15, 0.2) is 5.76 Å². The molecule has 3 rings (SSSR count). The van der Waals surface area contributed by atoms with E-state index in [1.807, 2.05) is 30.3 Å². The van der Waals surface area contributed by atoms with Crippen LogP contribution in [-0.4, -0.2) is 21.7 Å². The molecule has 0 radical (unpaired) electrons.